The smallest absolute Gasteiger partial charge is 0.263 e. The SMILES string of the molecule is COc1cccc(C2(c3n[nH]c4nc(N5CCC6(CC5)CO[C@@H](C)[C@H]6N)[nH]c(=O)c34)CC2)c1. The summed E-state index contributed by atoms with van der Waals surface area (Å²) in [5.41, 5.74) is 8.47. The summed E-state index contributed by atoms with van der Waals surface area (Å²) in [6, 6.07) is 8.07. The fraction of sp³-hybridized carbons (Fsp3) is 0.542. The van der Waals surface area contributed by atoms with Crippen molar-refractivity contribution in [3.63, 3.8) is 0 Å². The summed E-state index contributed by atoms with van der Waals surface area (Å²) in [4.78, 5) is 23.2. The van der Waals surface area contributed by atoms with Gasteiger partial charge in [-0.15, -0.1) is 0 Å². The molecule has 0 amide bonds. The fourth-order valence-electron chi connectivity index (χ4n) is 5.77. The predicted octanol–water partition coefficient (Wildman–Crippen LogP) is 2.07. The molecule has 1 spiro atoms. The number of nitrogens with two attached hydrogens (primary N) is 1. The van der Waals surface area contributed by atoms with E-state index in [1.165, 1.54) is 0 Å². The number of methoxy groups -OCH3 is 1. The topological polar surface area (TPSA) is 122 Å². The maximum Gasteiger partial charge on any atom is 0.263 e. The van der Waals surface area contributed by atoms with Crippen LogP contribution >= 0.6 is 0 Å². The highest BCUT2D eigenvalue weighted by atomic mass is 16.5. The molecule has 1 saturated carbocycles. The molecule has 9 nitrogen and oxygen atoms in total. The van der Waals surface area contributed by atoms with Crippen LogP contribution in [0.2, 0.25) is 0 Å². The van der Waals surface area contributed by atoms with Gasteiger partial charge in [-0.05, 0) is 50.3 Å². The molecule has 174 valence electrons. The number of ether oxygens (including phenoxy) is 2. The minimum atomic E-state index is -0.268. The lowest BCUT2D eigenvalue weighted by Gasteiger charge is -2.41. The van der Waals surface area contributed by atoms with E-state index in [1.54, 1.807) is 7.11 Å². The van der Waals surface area contributed by atoms with E-state index < -0.39 is 0 Å². The van der Waals surface area contributed by atoms with Crippen LogP contribution in [0.25, 0.3) is 11.0 Å². The Morgan fingerprint density at radius 1 is 1.24 bits per heavy atom. The molecule has 0 bridgehead atoms. The van der Waals surface area contributed by atoms with Crippen LogP contribution in [0.15, 0.2) is 29.1 Å². The zero-order chi connectivity index (χ0) is 22.8. The highest BCUT2D eigenvalue weighted by Gasteiger charge is 2.50. The van der Waals surface area contributed by atoms with Crippen molar-refractivity contribution in [2.24, 2.45) is 11.1 Å². The van der Waals surface area contributed by atoms with E-state index >= 15 is 0 Å². The third kappa shape index (κ3) is 3.09. The van der Waals surface area contributed by atoms with Crippen LogP contribution in [0, 0.1) is 5.41 Å². The molecule has 2 atom stereocenters. The average molecular weight is 451 g/mol. The first-order valence-electron chi connectivity index (χ1n) is 11.7. The highest BCUT2D eigenvalue weighted by Crippen LogP contribution is 2.54. The Morgan fingerprint density at radius 2 is 2.03 bits per heavy atom. The van der Waals surface area contributed by atoms with E-state index in [1.807, 2.05) is 25.1 Å². The first-order chi connectivity index (χ1) is 16.0. The number of aromatic nitrogens is 4. The Bertz CT molecular complexity index is 1250. The van der Waals surface area contributed by atoms with E-state index in [9.17, 15) is 4.79 Å². The lowest BCUT2D eigenvalue weighted by atomic mass is 9.73. The van der Waals surface area contributed by atoms with Gasteiger partial charge in [-0.25, -0.2) is 0 Å². The van der Waals surface area contributed by atoms with Crippen LogP contribution in [0.3, 0.4) is 0 Å². The molecule has 6 rings (SSSR count). The first kappa shape index (κ1) is 20.7. The average Bonchev–Trinajstić information content (AvgIpc) is 3.46. The highest BCUT2D eigenvalue weighted by molar-refractivity contribution is 5.80. The van der Waals surface area contributed by atoms with Gasteiger partial charge in [-0.3, -0.25) is 14.9 Å². The normalized spacial score (nSPS) is 25.6. The molecule has 3 aliphatic rings. The molecular formula is C24H30N6O3. The van der Waals surface area contributed by atoms with E-state index in [0.717, 1.165) is 55.8 Å². The number of anilines is 1. The molecule has 4 heterocycles. The molecule has 3 aromatic rings. The van der Waals surface area contributed by atoms with Crippen molar-refractivity contribution in [3.05, 3.63) is 45.9 Å². The maximum atomic E-state index is 13.3. The van der Waals surface area contributed by atoms with Crippen molar-refractivity contribution in [2.45, 2.75) is 50.2 Å². The van der Waals surface area contributed by atoms with Gasteiger partial charge >= 0.3 is 0 Å². The molecule has 3 fully saturated rings. The van der Waals surface area contributed by atoms with Crippen LogP contribution in [-0.4, -0.2) is 59.1 Å². The molecule has 0 radical (unpaired) electrons. The van der Waals surface area contributed by atoms with Gasteiger partial charge in [-0.2, -0.15) is 10.1 Å². The molecule has 2 saturated heterocycles. The van der Waals surface area contributed by atoms with Crippen molar-refractivity contribution >= 4 is 17.0 Å². The van der Waals surface area contributed by atoms with Crippen molar-refractivity contribution in [1.29, 1.82) is 0 Å². The van der Waals surface area contributed by atoms with Crippen molar-refractivity contribution < 1.29 is 9.47 Å². The van der Waals surface area contributed by atoms with Crippen molar-refractivity contribution in [2.75, 3.05) is 31.7 Å². The molecule has 2 aromatic heterocycles. The third-order valence-corrected chi connectivity index (χ3v) is 8.15. The molecule has 0 unspecified atom stereocenters. The van der Waals surface area contributed by atoms with E-state index in [-0.39, 0.29) is 28.5 Å². The number of fused-ring (bicyclic) bond motifs is 1. The number of nitrogens with one attached hydrogen (secondary N) is 2. The number of hydrogen-bond donors (Lipinski definition) is 3. The molecule has 4 N–H and O–H groups in total. The zero-order valence-corrected chi connectivity index (χ0v) is 19.1. The van der Waals surface area contributed by atoms with Gasteiger partial charge in [0.1, 0.15) is 11.1 Å². The van der Waals surface area contributed by atoms with Gasteiger partial charge in [0.2, 0.25) is 5.95 Å². The number of hydrogen-bond acceptors (Lipinski definition) is 7. The molecule has 33 heavy (non-hydrogen) atoms. The Kier molecular flexibility index (Phi) is 4.57. The van der Waals surface area contributed by atoms with Crippen LogP contribution < -0.4 is 20.9 Å². The zero-order valence-electron chi connectivity index (χ0n) is 19.1. The van der Waals surface area contributed by atoms with Gasteiger partial charge in [-0.1, -0.05) is 12.1 Å². The standard InChI is InChI=1S/C24H30N6O3/c1-14-18(25)23(13-33-14)8-10-30(11-9-23)22-26-20-17(21(31)27-22)19(28-29-20)24(6-7-24)15-4-3-5-16(12-15)32-2/h3-5,12,14,18H,6-11,13,25H2,1-2H3,(H2,26,27,28,29,31)/t14-,18+/m0/s1. The van der Waals surface area contributed by atoms with E-state index in [2.05, 4.69) is 26.1 Å². The van der Waals surface area contributed by atoms with Gasteiger partial charge in [0, 0.05) is 30.0 Å². The second-order valence-corrected chi connectivity index (χ2v) is 9.89. The Morgan fingerprint density at radius 3 is 2.70 bits per heavy atom. The molecule has 1 aliphatic carbocycles. The third-order valence-electron chi connectivity index (χ3n) is 8.15. The molecular weight excluding hydrogens is 420 g/mol. The summed E-state index contributed by atoms with van der Waals surface area (Å²) in [5, 5.41) is 8.17. The van der Waals surface area contributed by atoms with Gasteiger partial charge < -0.3 is 20.1 Å². The fourth-order valence-corrected chi connectivity index (χ4v) is 5.77. The number of piperidine rings is 1. The first-order valence-corrected chi connectivity index (χ1v) is 11.7. The van der Waals surface area contributed by atoms with E-state index in [0.29, 0.717) is 23.6 Å². The Balaban J connectivity index is 1.30. The summed E-state index contributed by atoms with van der Waals surface area (Å²) in [7, 11) is 1.66. The monoisotopic (exact) mass is 450 g/mol. The minimum Gasteiger partial charge on any atom is -0.497 e. The Labute approximate surface area is 191 Å². The molecule has 9 heteroatoms. The van der Waals surface area contributed by atoms with Crippen LogP contribution in [-0.2, 0) is 10.2 Å². The summed E-state index contributed by atoms with van der Waals surface area (Å²) >= 11 is 0. The van der Waals surface area contributed by atoms with Crippen LogP contribution in [0.5, 0.6) is 5.75 Å². The molecule has 1 aromatic carbocycles. The van der Waals surface area contributed by atoms with Gasteiger partial charge in [0.15, 0.2) is 5.65 Å². The van der Waals surface area contributed by atoms with Crippen LogP contribution in [0.1, 0.15) is 43.9 Å². The summed E-state index contributed by atoms with van der Waals surface area (Å²) in [6.45, 7) is 4.33. The summed E-state index contributed by atoms with van der Waals surface area (Å²) in [5.74, 6) is 1.39. The largest absolute Gasteiger partial charge is 0.497 e. The number of nitrogens with zero attached hydrogens (tertiary/aromatic N) is 3. The minimum absolute atomic E-state index is 0.0244. The second-order valence-electron chi connectivity index (χ2n) is 9.89. The second kappa shape index (κ2) is 7.30. The number of benzene rings is 1. The lowest BCUT2D eigenvalue weighted by molar-refractivity contribution is 0.0973. The van der Waals surface area contributed by atoms with Gasteiger partial charge in [0.25, 0.3) is 5.56 Å². The number of rotatable bonds is 4. The predicted molar refractivity (Wildman–Crippen MR) is 125 cm³/mol. The summed E-state index contributed by atoms with van der Waals surface area (Å²) in [6.07, 6.45) is 3.82. The quantitative estimate of drug-likeness (QED) is 0.556. The Hall–Kier alpha value is -2.91. The number of aromatic amines is 2. The van der Waals surface area contributed by atoms with E-state index in [4.69, 9.17) is 20.2 Å². The van der Waals surface area contributed by atoms with Crippen molar-refractivity contribution in [3.8, 4) is 5.75 Å². The number of H-pyrrole nitrogens is 2. The van der Waals surface area contributed by atoms with Gasteiger partial charge in [0.05, 0.1) is 25.5 Å². The summed E-state index contributed by atoms with van der Waals surface area (Å²) < 4.78 is 11.2. The molecule has 2 aliphatic heterocycles. The lowest BCUT2D eigenvalue weighted by Crippen LogP contribution is -2.51. The van der Waals surface area contributed by atoms with Crippen molar-refractivity contribution in [1.82, 2.24) is 20.2 Å². The maximum absolute atomic E-state index is 13.3. The van der Waals surface area contributed by atoms with Crippen LogP contribution in [0.4, 0.5) is 5.95 Å².